The summed E-state index contributed by atoms with van der Waals surface area (Å²) in [5, 5.41) is 8.94. The van der Waals surface area contributed by atoms with E-state index in [2.05, 4.69) is 9.97 Å². The van der Waals surface area contributed by atoms with Crippen LogP contribution in [0.1, 0.15) is 15.9 Å². The van der Waals surface area contributed by atoms with E-state index >= 15 is 0 Å². The molecule has 0 saturated carbocycles. The summed E-state index contributed by atoms with van der Waals surface area (Å²) in [5.41, 5.74) is 2.49. The minimum atomic E-state index is -0.949. The molecular formula is C11H10N2O2. The fourth-order valence-electron chi connectivity index (χ4n) is 1.43. The number of pyridine rings is 1. The molecule has 0 atom stereocenters. The zero-order valence-electron chi connectivity index (χ0n) is 8.19. The molecule has 0 radical (unpaired) electrons. The van der Waals surface area contributed by atoms with Crippen molar-refractivity contribution in [1.29, 1.82) is 0 Å². The van der Waals surface area contributed by atoms with Crippen molar-refractivity contribution in [3.63, 3.8) is 0 Å². The number of aromatic carboxylic acids is 1. The van der Waals surface area contributed by atoms with Crippen molar-refractivity contribution in [2.24, 2.45) is 0 Å². The first-order chi connectivity index (χ1) is 7.18. The summed E-state index contributed by atoms with van der Waals surface area (Å²) in [7, 11) is 0. The molecular weight excluding hydrogens is 192 g/mol. The fraction of sp³-hybridized carbons (Fsp3) is 0.0909. The summed E-state index contributed by atoms with van der Waals surface area (Å²) in [5.74, 6) is -0.949. The van der Waals surface area contributed by atoms with E-state index in [9.17, 15) is 4.79 Å². The highest BCUT2D eigenvalue weighted by atomic mass is 16.4. The number of H-pyrrole nitrogens is 1. The smallest absolute Gasteiger partial charge is 0.337 e. The van der Waals surface area contributed by atoms with Crippen LogP contribution in [0.15, 0.2) is 30.6 Å². The number of hydrogen-bond acceptors (Lipinski definition) is 2. The average molecular weight is 202 g/mol. The third-order valence-electron chi connectivity index (χ3n) is 2.15. The number of aromatic amines is 1. The standard InChI is InChI=1S/C11H10N2O2/c1-7-2-4-12-9(6-7)10-8(11(14)15)3-5-13-10/h2-6,13H,1H3,(H,14,15). The van der Waals surface area contributed by atoms with Gasteiger partial charge in [-0.05, 0) is 30.7 Å². The van der Waals surface area contributed by atoms with Gasteiger partial charge in [-0.25, -0.2) is 4.79 Å². The Hall–Kier alpha value is -2.10. The van der Waals surface area contributed by atoms with Crippen LogP contribution in [0.2, 0.25) is 0 Å². The maximum Gasteiger partial charge on any atom is 0.337 e. The van der Waals surface area contributed by atoms with E-state index in [0.29, 0.717) is 11.4 Å². The molecule has 2 N–H and O–H groups in total. The van der Waals surface area contributed by atoms with E-state index in [4.69, 9.17) is 5.11 Å². The van der Waals surface area contributed by atoms with Gasteiger partial charge in [-0.3, -0.25) is 4.98 Å². The van der Waals surface area contributed by atoms with Crippen LogP contribution in [-0.4, -0.2) is 21.0 Å². The Balaban J connectivity index is 2.54. The van der Waals surface area contributed by atoms with Crippen LogP contribution < -0.4 is 0 Å². The van der Waals surface area contributed by atoms with Gasteiger partial charge in [0.25, 0.3) is 0 Å². The lowest BCUT2D eigenvalue weighted by molar-refractivity contribution is 0.0698. The van der Waals surface area contributed by atoms with Gasteiger partial charge in [-0.15, -0.1) is 0 Å². The van der Waals surface area contributed by atoms with Crippen LogP contribution >= 0.6 is 0 Å². The van der Waals surface area contributed by atoms with Gasteiger partial charge in [-0.1, -0.05) is 0 Å². The van der Waals surface area contributed by atoms with Crippen molar-refractivity contribution >= 4 is 5.97 Å². The second-order valence-corrected chi connectivity index (χ2v) is 3.29. The zero-order valence-corrected chi connectivity index (χ0v) is 8.19. The minimum absolute atomic E-state index is 0.244. The van der Waals surface area contributed by atoms with E-state index in [1.165, 1.54) is 6.07 Å². The van der Waals surface area contributed by atoms with Crippen molar-refractivity contribution in [3.05, 3.63) is 41.7 Å². The molecule has 2 aromatic heterocycles. The second kappa shape index (κ2) is 3.57. The molecule has 2 aromatic rings. The van der Waals surface area contributed by atoms with Crippen LogP contribution in [0.3, 0.4) is 0 Å². The molecule has 0 saturated heterocycles. The monoisotopic (exact) mass is 202 g/mol. The summed E-state index contributed by atoms with van der Waals surface area (Å²) in [6, 6.07) is 5.24. The predicted molar refractivity (Wildman–Crippen MR) is 55.7 cm³/mol. The molecule has 4 heteroatoms. The van der Waals surface area contributed by atoms with Crippen molar-refractivity contribution in [1.82, 2.24) is 9.97 Å². The highest BCUT2D eigenvalue weighted by Gasteiger charge is 2.13. The van der Waals surface area contributed by atoms with E-state index < -0.39 is 5.97 Å². The minimum Gasteiger partial charge on any atom is -0.478 e. The molecule has 2 rings (SSSR count). The molecule has 2 heterocycles. The average Bonchev–Trinajstić information content (AvgIpc) is 2.65. The summed E-state index contributed by atoms with van der Waals surface area (Å²) >= 11 is 0. The van der Waals surface area contributed by atoms with Crippen LogP contribution in [-0.2, 0) is 0 Å². The Morgan fingerprint density at radius 1 is 1.47 bits per heavy atom. The first-order valence-corrected chi connectivity index (χ1v) is 4.52. The SMILES string of the molecule is Cc1ccnc(-c2[nH]ccc2C(=O)O)c1. The van der Waals surface area contributed by atoms with Gasteiger partial charge in [0.15, 0.2) is 0 Å². The molecule has 0 amide bonds. The number of nitrogens with zero attached hydrogens (tertiary/aromatic N) is 1. The zero-order chi connectivity index (χ0) is 10.8. The normalized spacial score (nSPS) is 10.2. The number of hydrogen-bond donors (Lipinski definition) is 2. The molecule has 0 spiro atoms. The summed E-state index contributed by atoms with van der Waals surface area (Å²) in [4.78, 5) is 17.9. The Kier molecular flexibility index (Phi) is 2.25. The number of carbonyl (C=O) groups is 1. The lowest BCUT2D eigenvalue weighted by Crippen LogP contribution is -1.97. The summed E-state index contributed by atoms with van der Waals surface area (Å²) in [6.07, 6.45) is 3.26. The lowest BCUT2D eigenvalue weighted by Gasteiger charge is -2.00. The molecule has 0 aliphatic carbocycles. The Labute approximate surface area is 86.6 Å². The number of carboxylic acids is 1. The Morgan fingerprint density at radius 2 is 2.27 bits per heavy atom. The number of nitrogens with one attached hydrogen (secondary N) is 1. The maximum absolute atomic E-state index is 10.9. The summed E-state index contributed by atoms with van der Waals surface area (Å²) in [6.45, 7) is 1.94. The third-order valence-corrected chi connectivity index (χ3v) is 2.15. The van der Waals surface area contributed by atoms with E-state index in [-0.39, 0.29) is 5.56 Å². The third kappa shape index (κ3) is 1.74. The molecule has 15 heavy (non-hydrogen) atoms. The van der Waals surface area contributed by atoms with Crippen molar-refractivity contribution < 1.29 is 9.90 Å². The first-order valence-electron chi connectivity index (χ1n) is 4.52. The van der Waals surface area contributed by atoms with Crippen molar-refractivity contribution in [2.75, 3.05) is 0 Å². The molecule has 0 aliphatic rings. The largest absolute Gasteiger partial charge is 0.478 e. The van der Waals surface area contributed by atoms with Crippen LogP contribution in [0.5, 0.6) is 0 Å². The Morgan fingerprint density at radius 3 is 2.93 bits per heavy atom. The van der Waals surface area contributed by atoms with Crippen LogP contribution in [0.4, 0.5) is 0 Å². The predicted octanol–water partition coefficient (Wildman–Crippen LogP) is 2.08. The van der Waals surface area contributed by atoms with Gasteiger partial charge in [0.2, 0.25) is 0 Å². The summed E-state index contributed by atoms with van der Waals surface area (Å²) < 4.78 is 0. The molecule has 76 valence electrons. The number of rotatable bonds is 2. The highest BCUT2D eigenvalue weighted by Crippen LogP contribution is 2.20. The second-order valence-electron chi connectivity index (χ2n) is 3.29. The molecule has 0 unspecified atom stereocenters. The maximum atomic E-state index is 10.9. The highest BCUT2D eigenvalue weighted by molar-refractivity contribution is 5.94. The van der Waals surface area contributed by atoms with Gasteiger partial charge in [-0.2, -0.15) is 0 Å². The van der Waals surface area contributed by atoms with Gasteiger partial charge in [0.05, 0.1) is 17.0 Å². The van der Waals surface area contributed by atoms with E-state index in [0.717, 1.165) is 5.56 Å². The van der Waals surface area contributed by atoms with E-state index in [1.807, 2.05) is 19.1 Å². The lowest BCUT2D eigenvalue weighted by atomic mass is 10.1. The fourth-order valence-corrected chi connectivity index (χ4v) is 1.43. The number of carboxylic acid groups (broad SMARTS) is 1. The first kappa shape index (κ1) is 9.45. The van der Waals surface area contributed by atoms with E-state index in [1.54, 1.807) is 12.4 Å². The van der Waals surface area contributed by atoms with Gasteiger partial charge in [0, 0.05) is 12.4 Å². The molecule has 0 fully saturated rings. The molecule has 0 aromatic carbocycles. The van der Waals surface area contributed by atoms with Gasteiger partial charge in [0.1, 0.15) is 0 Å². The Bertz CT molecular complexity index is 503. The topological polar surface area (TPSA) is 66.0 Å². The number of aryl methyl sites for hydroxylation is 1. The van der Waals surface area contributed by atoms with Gasteiger partial charge >= 0.3 is 5.97 Å². The molecule has 0 bridgehead atoms. The van der Waals surface area contributed by atoms with Crippen molar-refractivity contribution in [2.45, 2.75) is 6.92 Å². The quantitative estimate of drug-likeness (QED) is 0.783. The molecule has 0 aliphatic heterocycles. The van der Waals surface area contributed by atoms with Crippen LogP contribution in [0.25, 0.3) is 11.4 Å². The van der Waals surface area contributed by atoms with Gasteiger partial charge < -0.3 is 10.1 Å². The number of aromatic nitrogens is 2. The molecule has 4 nitrogen and oxygen atoms in total. The van der Waals surface area contributed by atoms with Crippen molar-refractivity contribution in [3.8, 4) is 11.4 Å². The van der Waals surface area contributed by atoms with Crippen LogP contribution in [0, 0.1) is 6.92 Å².